The van der Waals surface area contributed by atoms with Crippen LogP contribution in [-0.2, 0) is 4.79 Å². The molecule has 2 aliphatic rings. The lowest BCUT2D eigenvalue weighted by Gasteiger charge is -2.36. The van der Waals surface area contributed by atoms with Gasteiger partial charge in [-0.3, -0.25) is 4.79 Å². The molecule has 1 aromatic rings. The Morgan fingerprint density at radius 2 is 1.91 bits per heavy atom. The van der Waals surface area contributed by atoms with Gasteiger partial charge in [-0.05, 0) is 49.9 Å². The van der Waals surface area contributed by atoms with Crippen LogP contribution in [0.25, 0.3) is 0 Å². The van der Waals surface area contributed by atoms with Gasteiger partial charge in [0.15, 0.2) is 0 Å². The SMILES string of the molecule is CC(CSc1ccc(F)cc1)C(=O)N(C)C1CC2CCC(C1)N2. The third kappa shape index (κ3) is 4.07. The normalized spacial score (nSPS) is 27.7. The summed E-state index contributed by atoms with van der Waals surface area (Å²) in [5.74, 6) is 0.708. The largest absolute Gasteiger partial charge is 0.342 e. The van der Waals surface area contributed by atoms with Crippen molar-refractivity contribution in [2.45, 2.75) is 55.6 Å². The van der Waals surface area contributed by atoms with E-state index in [0.29, 0.717) is 18.1 Å². The third-order valence-electron chi connectivity index (χ3n) is 5.08. The summed E-state index contributed by atoms with van der Waals surface area (Å²) >= 11 is 1.62. The Hall–Kier alpha value is -1.07. The zero-order valence-electron chi connectivity index (χ0n) is 13.8. The second kappa shape index (κ2) is 7.22. The van der Waals surface area contributed by atoms with Gasteiger partial charge in [-0.15, -0.1) is 11.8 Å². The maximum atomic E-state index is 12.9. The standard InChI is InChI=1S/C18H25FN2OS/c1-12(11-23-17-7-3-13(19)4-8-17)18(22)21(2)16-9-14-5-6-15(10-16)20-14/h3-4,7-8,12,14-16,20H,5-6,9-11H2,1-2H3. The molecule has 0 saturated carbocycles. The molecule has 3 atom stereocenters. The van der Waals surface area contributed by atoms with Crippen LogP contribution in [0, 0.1) is 11.7 Å². The molecule has 3 unspecified atom stereocenters. The second-order valence-electron chi connectivity index (χ2n) is 6.88. The maximum Gasteiger partial charge on any atom is 0.226 e. The summed E-state index contributed by atoms with van der Waals surface area (Å²) in [6.07, 6.45) is 4.66. The zero-order valence-corrected chi connectivity index (χ0v) is 14.6. The highest BCUT2D eigenvalue weighted by Gasteiger charge is 2.37. The lowest BCUT2D eigenvalue weighted by Crippen LogP contribution is -2.50. The smallest absolute Gasteiger partial charge is 0.226 e. The Bertz CT molecular complexity index is 538. The van der Waals surface area contributed by atoms with Crippen LogP contribution in [0.4, 0.5) is 4.39 Å². The fraction of sp³-hybridized carbons (Fsp3) is 0.611. The highest BCUT2D eigenvalue weighted by atomic mass is 32.2. The number of halogens is 1. The van der Waals surface area contributed by atoms with Gasteiger partial charge < -0.3 is 10.2 Å². The van der Waals surface area contributed by atoms with Gasteiger partial charge in [0.05, 0.1) is 0 Å². The molecule has 23 heavy (non-hydrogen) atoms. The molecule has 0 aromatic heterocycles. The monoisotopic (exact) mass is 336 g/mol. The first-order valence-electron chi connectivity index (χ1n) is 8.44. The molecule has 1 amide bonds. The minimum atomic E-state index is -0.223. The van der Waals surface area contributed by atoms with Gasteiger partial charge in [-0.1, -0.05) is 6.92 Å². The Morgan fingerprint density at radius 3 is 2.52 bits per heavy atom. The van der Waals surface area contributed by atoms with Crippen molar-refractivity contribution in [3.05, 3.63) is 30.1 Å². The Kier molecular flexibility index (Phi) is 5.27. The van der Waals surface area contributed by atoms with Gasteiger partial charge in [0.1, 0.15) is 5.82 Å². The number of piperidine rings is 1. The molecule has 2 aliphatic heterocycles. The number of carbonyl (C=O) groups excluding carboxylic acids is 1. The number of fused-ring (bicyclic) bond motifs is 2. The van der Waals surface area contributed by atoms with E-state index in [9.17, 15) is 9.18 Å². The molecular weight excluding hydrogens is 311 g/mol. The van der Waals surface area contributed by atoms with E-state index in [2.05, 4.69) is 5.32 Å². The molecule has 2 fully saturated rings. The quantitative estimate of drug-likeness (QED) is 0.838. The van der Waals surface area contributed by atoms with E-state index in [4.69, 9.17) is 0 Å². The highest BCUT2D eigenvalue weighted by Crippen LogP contribution is 2.30. The number of nitrogens with one attached hydrogen (secondary N) is 1. The Morgan fingerprint density at radius 1 is 1.30 bits per heavy atom. The molecule has 5 heteroatoms. The molecule has 3 rings (SSSR count). The van der Waals surface area contributed by atoms with Gasteiger partial charge in [0, 0.05) is 41.7 Å². The topological polar surface area (TPSA) is 32.3 Å². The fourth-order valence-corrected chi connectivity index (χ4v) is 4.61. The van der Waals surface area contributed by atoms with Crippen LogP contribution in [0.5, 0.6) is 0 Å². The first-order chi connectivity index (χ1) is 11.0. The van der Waals surface area contributed by atoms with Crippen molar-refractivity contribution < 1.29 is 9.18 Å². The van der Waals surface area contributed by atoms with Crippen LogP contribution in [0.15, 0.2) is 29.2 Å². The van der Waals surface area contributed by atoms with E-state index in [1.807, 2.05) is 18.9 Å². The Balaban J connectivity index is 1.51. The van der Waals surface area contributed by atoms with Crippen molar-refractivity contribution in [1.82, 2.24) is 10.2 Å². The van der Waals surface area contributed by atoms with E-state index in [1.165, 1.54) is 25.0 Å². The fourth-order valence-electron chi connectivity index (χ4n) is 3.69. The number of hydrogen-bond donors (Lipinski definition) is 1. The first-order valence-corrected chi connectivity index (χ1v) is 9.42. The number of carbonyl (C=O) groups is 1. The van der Waals surface area contributed by atoms with E-state index in [1.54, 1.807) is 23.9 Å². The summed E-state index contributed by atoms with van der Waals surface area (Å²) < 4.78 is 12.9. The van der Waals surface area contributed by atoms with Crippen molar-refractivity contribution in [3.8, 4) is 0 Å². The molecule has 2 saturated heterocycles. The van der Waals surface area contributed by atoms with E-state index >= 15 is 0 Å². The van der Waals surface area contributed by atoms with Gasteiger partial charge in [0.2, 0.25) is 5.91 Å². The lowest BCUT2D eigenvalue weighted by molar-refractivity contribution is -0.135. The molecule has 1 N–H and O–H groups in total. The predicted molar refractivity (Wildman–Crippen MR) is 92.0 cm³/mol. The van der Waals surface area contributed by atoms with Crippen molar-refractivity contribution in [2.75, 3.05) is 12.8 Å². The van der Waals surface area contributed by atoms with E-state index in [0.717, 1.165) is 23.5 Å². The van der Waals surface area contributed by atoms with Crippen LogP contribution in [0.2, 0.25) is 0 Å². The summed E-state index contributed by atoms with van der Waals surface area (Å²) in [4.78, 5) is 15.7. The van der Waals surface area contributed by atoms with E-state index in [-0.39, 0.29) is 17.6 Å². The minimum Gasteiger partial charge on any atom is -0.342 e. The molecule has 0 aliphatic carbocycles. The highest BCUT2D eigenvalue weighted by molar-refractivity contribution is 7.99. The zero-order chi connectivity index (χ0) is 16.4. The third-order valence-corrected chi connectivity index (χ3v) is 6.35. The maximum absolute atomic E-state index is 12.9. The van der Waals surface area contributed by atoms with Gasteiger partial charge in [0.25, 0.3) is 0 Å². The molecule has 126 valence electrons. The van der Waals surface area contributed by atoms with Crippen molar-refractivity contribution in [1.29, 1.82) is 0 Å². The second-order valence-corrected chi connectivity index (χ2v) is 7.97. The number of benzene rings is 1. The number of amides is 1. The number of thioether (sulfide) groups is 1. The minimum absolute atomic E-state index is 0.0254. The van der Waals surface area contributed by atoms with Crippen LogP contribution in [0.1, 0.15) is 32.6 Å². The van der Waals surface area contributed by atoms with Crippen molar-refractivity contribution in [3.63, 3.8) is 0 Å². The Labute approximate surface area is 142 Å². The average molecular weight is 336 g/mol. The summed E-state index contributed by atoms with van der Waals surface area (Å²) in [7, 11) is 1.96. The predicted octanol–water partition coefficient (Wildman–Crippen LogP) is 3.30. The summed E-state index contributed by atoms with van der Waals surface area (Å²) in [5, 5.41) is 3.62. The molecule has 0 radical (unpaired) electrons. The van der Waals surface area contributed by atoms with Gasteiger partial charge in [-0.2, -0.15) is 0 Å². The summed E-state index contributed by atoms with van der Waals surface area (Å²) in [6.45, 7) is 1.99. The van der Waals surface area contributed by atoms with Gasteiger partial charge >= 0.3 is 0 Å². The van der Waals surface area contributed by atoms with Crippen LogP contribution >= 0.6 is 11.8 Å². The van der Waals surface area contributed by atoms with Crippen molar-refractivity contribution >= 4 is 17.7 Å². The number of hydrogen-bond acceptors (Lipinski definition) is 3. The van der Waals surface area contributed by atoms with E-state index < -0.39 is 0 Å². The number of rotatable bonds is 5. The molecular formula is C18H25FN2OS. The molecule has 2 heterocycles. The first kappa shape index (κ1) is 16.8. The molecule has 0 spiro atoms. The van der Waals surface area contributed by atoms with Crippen LogP contribution in [0.3, 0.4) is 0 Å². The molecule has 1 aromatic carbocycles. The number of nitrogens with zero attached hydrogens (tertiary/aromatic N) is 1. The van der Waals surface area contributed by atoms with Crippen LogP contribution in [-0.4, -0.2) is 41.7 Å². The lowest BCUT2D eigenvalue weighted by atomic mass is 9.97. The summed E-state index contributed by atoms with van der Waals surface area (Å²) in [5.41, 5.74) is 0. The summed E-state index contributed by atoms with van der Waals surface area (Å²) in [6, 6.07) is 8.03. The average Bonchev–Trinajstić information content (AvgIpc) is 2.90. The molecule has 3 nitrogen and oxygen atoms in total. The van der Waals surface area contributed by atoms with Crippen molar-refractivity contribution in [2.24, 2.45) is 5.92 Å². The van der Waals surface area contributed by atoms with Gasteiger partial charge in [-0.25, -0.2) is 4.39 Å². The molecule has 2 bridgehead atoms. The van der Waals surface area contributed by atoms with Crippen LogP contribution < -0.4 is 5.32 Å².